The van der Waals surface area contributed by atoms with E-state index in [-0.39, 0.29) is 12.2 Å². The van der Waals surface area contributed by atoms with Gasteiger partial charge in [-0.15, -0.1) is 15.0 Å². The molecule has 9 heteroatoms. The third-order valence-electron chi connectivity index (χ3n) is 2.69. The largest absolute Gasteiger partial charge is 0.497 e. The van der Waals surface area contributed by atoms with Crippen LogP contribution in [0.1, 0.15) is 17.0 Å². The Labute approximate surface area is 119 Å². The van der Waals surface area contributed by atoms with Gasteiger partial charge in [0.05, 0.1) is 12.8 Å². The minimum absolute atomic E-state index is 0.178. The molecule has 0 spiro atoms. The van der Waals surface area contributed by atoms with Crippen molar-refractivity contribution in [1.29, 1.82) is 0 Å². The standard InChI is InChI=1S/C12H13N5O4/c1-21-8-4-2-7(3-5-8)17-15-11(14-16-17)10(18)6-9(13)12(19)20/h2-5,9H,6,13H2,1H3,(H,19,20)/t9-/m0/s1. The Kier molecular flexibility index (Phi) is 4.24. The second-order valence-electron chi connectivity index (χ2n) is 4.17. The molecule has 1 heterocycles. The number of carboxylic acid groups (broad SMARTS) is 1. The lowest BCUT2D eigenvalue weighted by atomic mass is 10.1. The van der Waals surface area contributed by atoms with E-state index in [1.54, 1.807) is 31.4 Å². The number of Topliss-reactive ketones (excluding diaryl/α,β-unsaturated/α-hetero) is 1. The summed E-state index contributed by atoms with van der Waals surface area (Å²) < 4.78 is 5.03. The van der Waals surface area contributed by atoms with Gasteiger partial charge in [-0.1, -0.05) is 0 Å². The Hall–Kier alpha value is -2.81. The lowest BCUT2D eigenvalue weighted by molar-refractivity contribution is -0.138. The van der Waals surface area contributed by atoms with Crippen molar-refractivity contribution in [1.82, 2.24) is 20.2 Å². The topological polar surface area (TPSA) is 133 Å². The molecule has 0 aliphatic heterocycles. The number of methoxy groups -OCH3 is 1. The van der Waals surface area contributed by atoms with E-state index in [2.05, 4.69) is 15.4 Å². The Morgan fingerprint density at radius 1 is 1.38 bits per heavy atom. The summed E-state index contributed by atoms with van der Waals surface area (Å²) in [7, 11) is 1.55. The number of rotatable bonds is 6. The third kappa shape index (κ3) is 3.39. The summed E-state index contributed by atoms with van der Waals surface area (Å²) in [6.07, 6.45) is -0.385. The molecule has 9 nitrogen and oxygen atoms in total. The monoisotopic (exact) mass is 291 g/mol. The van der Waals surface area contributed by atoms with E-state index in [9.17, 15) is 9.59 Å². The van der Waals surface area contributed by atoms with Gasteiger partial charge in [-0.05, 0) is 29.5 Å². The summed E-state index contributed by atoms with van der Waals surface area (Å²) in [6.45, 7) is 0. The number of tetrazole rings is 1. The Balaban J connectivity index is 2.13. The number of carbonyl (C=O) groups excluding carboxylic acids is 1. The quantitative estimate of drug-likeness (QED) is 0.690. The summed E-state index contributed by atoms with van der Waals surface area (Å²) in [5.41, 5.74) is 5.88. The van der Waals surface area contributed by atoms with Crippen molar-refractivity contribution in [2.24, 2.45) is 5.73 Å². The van der Waals surface area contributed by atoms with Gasteiger partial charge < -0.3 is 15.6 Å². The van der Waals surface area contributed by atoms with Crippen molar-refractivity contribution in [3.63, 3.8) is 0 Å². The van der Waals surface area contributed by atoms with Crippen LogP contribution in [0.4, 0.5) is 0 Å². The van der Waals surface area contributed by atoms with Gasteiger partial charge in [0.1, 0.15) is 11.8 Å². The fourth-order valence-electron chi connectivity index (χ4n) is 1.53. The van der Waals surface area contributed by atoms with E-state index in [1.807, 2.05) is 0 Å². The van der Waals surface area contributed by atoms with Crippen LogP contribution in [-0.4, -0.2) is 50.2 Å². The first kappa shape index (κ1) is 14.6. The first-order valence-electron chi connectivity index (χ1n) is 5.97. The molecule has 0 aliphatic carbocycles. The highest BCUT2D eigenvalue weighted by Gasteiger charge is 2.21. The fraction of sp³-hybridized carbons (Fsp3) is 0.250. The lowest BCUT2D eigenvalue weighted by Gasteiger charge is -2.02. The van der Waals surface area contributed by atoms with E-state index in [0.29, 0.717) is 11.4 Å². The smallest absolute Gasteiger partial charge is 0.320 e. The highest BCUT2D eigenvalue weighted by atomic mass is 16.5. The van der Waals surface area contributed by atoms with Gasteiger partial charge in [-0.3, -0.25) is 9.59 Å². The molecule has 2 aromatic rings. The SMILES string of the molecule is COc1ccc(-n2nnc(C(=O)C[C@H](N)C(=O)O)n2)cc1. The maximum atomic E-state index is 11.8. The number of hydrogen-bond acceptors (Lipinski definition) is 7. The molecule has 0 fully saturated rings. The lowest BCUT2D eigenvalue weighted by Crippen LogP contribution is -2.32. The van der Waals surface area contributed by atoms with E-state index in [1.165, 1.54) is 4.80 Å². The molecule has 3 N–H and O–H groups in total. The van der Waals surface area contributed by atoms with Gasteiger partial charge in [-0.2, -0.15) is 0 Å². The number of hydrogen-bond donors (Lipinski definition) is 2. The van der Waals surface area contributed by atoms with E-state index in [0.717, 1.165) is 0 Å². The van der Waals surface area contributed by atoms with Gasteiger partial charge in [-0.25, -0.2) is 0 Å². The molecule has 1 atom stereocenters. The number of nitrogens with two attached hydrogens (primary N) is 1. The van der Waals surface area contributed by atoms with Crippen LogP contribution in [0.5, 0.6) is 5.75 Å². The minimum atomic E-state index is -1.29. The molecule has 2 rings (SSSR count). The molecule has 0 aliphatic rings. The molecule has 110 valence electrons. The first-order chi connectivity index (χ1) is 10.0. The van der Waals surface area contributed by atoms with Crippen LogP contribution in [-0.2, 0) is 4.79 Å². The number of aliphatic carboxylic acids is 1. The van der Waals surface area contributed by atoms with Crippen LogP contribution in [0, 0.1) is 0 Å². The molecule has 0 saturated carbocycles. The van der Waals surface area contributed by atoms with Gasteiger partial charge in [0.2, 0.25) is 11.6 Å². The fourth-order valence-corrected chi connectivity index (χ4v) is 1.53. The van der Waals surface area contributed by atoms with E-state index >= 15 is 0 Å². The number of benzene rings is 1. The maximum Gasteiger partial charge on any atom is 0.320 e. The third-order valence-corrected chi connectivity index (χ3v) is 2.69. The molecule has 21 heavy (non-hydrogen) atoms. The van der Waals surface area contributed by atoms with Crippen molar-refractivity contribution in [3.8, 4) is 11.4 Å². The van der Waals surface area contributed by atoms with Crippen molar-refractivity contribution in [2.75, 3.05) is 7.11 Å². The second kappa shape index (κ2) is 6.09. The predicted molar refractivity (Wildman–Crippen MR) is 70.3 cm³/mol. The summed E-state index contributed by atoms with van der Waals surface area (Å²) in [5.74, 6) is -1.35. The van der Waals surface area contributed by atoms with Crippen LogP contribution in [0.3, 0.4) is 0 Å². The van der Waals surface area contributed by atoms with E-state index < -0.39 is 17.8 Å². The zero-order valence-corrected chi connectivity index (χ0v) is 11.1. The molecule has 0 amide bonds. The molecule has 0 bridgehead atoms. The summed E-state index contributed by atoms with van der Waals surface area (Å²) in [6, 6.07) is 5.52. The second-order valence-corrected chi connectivity index (χ2v) is 4.17. The zero-order valence-electron chi connectivity index (χ0n) is 11.1. The number of ether oxygens (including phenoxy) is 1. The first-order valence-corrected chi connectivity index (χ1v) is 5.97. The molecule has 0 saturated heterocycles. The molecular weight excluding hydrogens is 278 g/mol. The number of nitrogens with zero attached hydrogens (tertiary/aromatic N) is 4. The van der Waals surface area contributed by atoms with Gasteiger partial charge in [0.15, 0.2) is 0 Å². The summed E-state index contributed by atoms with van der Waals surface area (Å²) in [4.78, 5) is 23.5. The number of carboxylic acids is 1. The normalized spacial score (nSPS) is 11.9. The van der Waals surface area contributed by atoms with Gasteiger partial charge in [0.25, 0.3) is 0 Å². The molecule has 0 radical (unpaired) electrons. The van der Waals surface area contributed by atoms with Crippen molar-refractivity contribution in [2.45, 2.75) is 12.5 Å². The van der Waals surface area contributed by atoms with Gasteiger partial charge >= 0.3 is 5.97 Å². The Bertz CT molecular complexity index is 652. The highest BCUT2D eigenvalue weighted by molar-refractivity contribution is 5.95. The Morgan fingerprint density at radius 2 is 2.05 bits per heavy atom. The van der Waals surface area contributed by atoms with Crippen LogP contribution in [0.25, 0.3) is 5.69 Å². The van der Waals surface area contributed by atoms with Gasteiger partial charge in [0, 0.05) is 6.42 Å². The zero-order chi connectivity index (χ0) is 15.4. The van der Waals surface area contributed by atoms with Crippen LogP contribution < -0.4 is 10.5 Å². The van der Waals surface area contributed by atoms with Crippen LogP contribution in [0.2, 0.25) is 0 Å². The average molecular weight is 291 g/mol. The predicted octanol–water partition coefficient (Wildman–Crippen LogP) is -0.344. The van der Waals surface area contributed by atoms with Crippen molar-refractivity contribution in [3.05, 3.63) is 30.1 Å². The number of aromatic nitrogens is 4. The van der Waals surface area contributed by atoms with Crippen LogP contribution in [0.15, 0.2) is 24.3 Å². The summed E-state index contributed by atoms with van der Waals surface area (Å²) in [5, 5.41) is 19.9. The molecule has 1 aromatic carbocycles. The van der Waals surface area contributed by atoms with Crippen LogP contribution >= 0.6 is 0 Å². The number of ketones is 1. The molecule has 0 unspecified atom stereocenters. The Morgan fingerprint density at radius 3 is 2.62 bits per heavy atom. The average Bonchev–Trinajstić information content (AvgIpc) is 2.97. The molecule has 1 aromatic heterocycles. The maximum absolute atomic E-state index is 11.8. The van der Waals surface area contributed by atoms with Crippen molar-refractivity contribution < 1.29 is 19.4 Å². The minimum Gasteiger partial charge on any atom is -0.497 e. The highest BCUT2D eigenvalue weighted by Crippen LogP contribution is 2.13. The molecular formula is C12H13N5O4. The number of carbonyl (C=O) groups is 2. The van der Waals surface area contributed by atoms with Crippen molar-refractivity contribution >= 4 is 11.8 Å². The van der Waals surface area contributed by atoms with E-state index in [4.69, 9.17) is 15.6 Å². The summed E-state index contributed by atoms with van der Waals surface area (Å²) >= 11 is 0.